The van der Waals surface area contributed by atoms with Crippen molar-refractivity contribution in [1.82, 2.24) is 15.3 Å². The fourth-order valence-corrected chi connectivity index (χ4v) is 1.55. The van der Waals surface area contributed by atoms with E-state index in [2.05, 4.69) is 28.5 Å². The second-order valence-corrected chi connectivity index (χ2v) is 4.98. The van der Waals surface area contributed by atoms with Crippen molar-refractivity contribution >= 4 is 29.3 Å². The largest absolute Gasteiger partial charge is 0.351 e. The van der Waals surface area contributed by atoms with Crippen LogP contribution in [0.1, 0.15) is 23.8 Å². The van der Waals surface area contributed by atoms with Crippen LogP contribution in [0.2, 0.25) is 5.15 Å². The Morgan fingerprint density at radius 1 is 1.62 bits per heavy atom. The maximum Gasteiger partial charge on any atom is 0.271 e. The predicted octanol–water partition coefficient (Wildman–Crippen LogP) is 2.00. The summed E-state index contributed by atoms with van der Waals surface area (Å²) in [5.41, 5.74) is 0.254. The van der Waals surface area contributed by atoms with E-state index in [0.29, 0.717) is 11.8 Å². The van der Waals surface area contributed by atoms with Gasteiger partial charge in [-0.05, 0) is 12.7 Å². The van der Waals surface area contributed by atoms with Gasteiger partial charge in [0.15, 0.2) is 0 Å². The molecule has 0 saturated heterocycles. The monoisotopic (exact) mass is 259 g/mol. The van der Waals surface area contributed by atoms with E-state index >= 15 is 0 Å². The van der Waals surface area contributed by atoms with Gasteiger partial charge in [-0.2, -0.15) is 11.8 Å². The molecule has 1 aromatic heterocycles. The molecule has 0 aromatic carbocycles. The van der Waals surface area contributed by atoms with Gasteiger partial charge in [0.1, 0.15) is 10.8 Å². The summed E-state index contributed by atoms with van der Waals surface area (Å²) in [7, 11) is 0. The van der Waals surface area contributed by atoms with Crippen LogP contribution in [0.3, 0.4) is 0 Å². The molecule has 0 bridgehead atoms. The molecule has 1 heterocycles. The van der Waals surface area contributed by atoms with Gasteiger partial charge in [0.25, 0.3) is 5.91 Å². The maximum absolute atomic E-state index is 11.6. The van der Waals surface area contributed by atoms with Crippen molar-refractivity contribution in [2.75, 3.05) is 12.8 Å². The summed E-state index contributed by atoms with van der Waals surface area (Å²) in [6.07, 6.45) is 5.78. The van der Waals surface area contributed by atoms with E-state index in [1.807, 2.05) is 0 Å². The molecule has 0 fully saturated rings. The molecule has 0 radical (unpaired) electrons. The van der Waals surface area contributed by atoms with E-state index in [4.69, 9.17) is 11.6 Å². The predicted molar refractivity (Wildman–Crippen MR) is 67.0 cm³/mol. The van der Waals surface area contributed by atoms with Crippen LogP contribution in [0, 0.1) is 0 Å². The zero-order chi connectivity index (χ0) is 12.0. The molecule has 0 saturated carbocycles. The first kappa shape index (κ1) is 13.3. The fourth-order valence-electron chi connectivity index (χ4n) is 1.05. The molecule has 0 spiro atoms. The summed E-state index contributed by atoms with van der Waals surface area (Å²) < 4.78 is 0. The fraction of sp³-hybridized carbons (Fsp3) is 0.500. The van der Waals surface area contributed by atoms with E-state index in [0.717, 1.165) is 6.42 Å². The lowest BCUT2D eigenvalue weighted by Gasteiger charge is -2.08. The maximum atomic E-state index is 11.6. The van der Waals surface area contributed by atoms with E-state index < -0.39 is 0 Å². The number of amides is 1. The van der Waals surface area contributed by atoms with Gasteiger partial charge in [0.05, 0.1) is 12.4 Å². The number of rotatable bonds is 5. The van der Waals surface area contributed by atoms with Crippen LogP contribution in [-0.2, 0) is 0 Å². The molecule has 1 amide bonds. The van der Waals surface area contributed by atoms with Gasteiger partial charge in [0.2, 0.25) is 0 Å². The molecule has 1 aromatic rings. The minimum Gasteiger partial charge on any atom is -0.351 e. The molecule has 4 nitrogen and oxygen atoms in total. The number of hydrogen-bond donors (Lipinski definition) is 1. The van der Waals surface area contributed by atoms with Crippen molar-refractivity contribution in [3.8, 4) is 0 Å². The summed E-state index contributed by atoms with van der Waals surface area (Å²) >= 11 is 7.41. The van der Waals surface area contributed by atoms with E-state index in [1.54, 1.807) is 11.8 Å². The highest BCUT2D eigenvalue weighted by molar-refractivity contribution is 7.99. The lowest BCUT2D eigenvalue weighted by molar-refractivity contribution is 0.0948. The summed E-state index contributed by atoms with van der Waals surface area (Å²) in [6.45, 7) is 2.76. The van der Waals surface area contributed by atoms with Crippen molar-refractivity contribution in [2.45, 2.75) is 18.6 Å². The quantitative estimate of drug-likeness (QED) is 0.879. The lowest BCUT2D eigenvalue weighted by Crippen LogP contribution is -2.26. The Hall–Kier alpha value is -0.810. The molecule has 0 aliphatic rings. The van der Waals surface area contributed by atoms with Crippen molar-refractivity contribution in [2.24, 2.45) is 0 Å². The number of hydrogen-bond acceptors (Lipinski definition) is 4. The SMILES string of the molecule is CSC(C)CCNC(=O)c1cncc(Cl)n1. The number of carbonyl (C=O) groups excluding carboxylic acids is 1. The summed E-state index contributed by atoms with van der Waals surface area (Å²) in [5.74, 6) is -0.233. The Bertz CT molecular complexity index is 362. The summed E-state index contributed by atoms with van der Waals surface area (Å²) in [5, 5.41) is 3.54. The third-order valence-corrected chi connectivity index (χ3v) is 3.30. The van der Waals surface area contributed by atoms with Gasteiger partial charge in [-0.25, -0.2) is 4.98 Å². The normalized spacial score (nSPS) is 12.2. The van der Waals surface area contributed by atoms with E-state index in [9.17, 15) is 4.79 Å². The zero-order valence-electron chi connectivity index (χ0n) is 9.24. The molecular formula is C10H14ClN3OS. The minimum absolute atomic E-state index is 0.227. The highest BCUT2D eigenvalue weighted by Crippen LogP contribution is 2.08. The summed E-state index contributed by atoms with van der Waals surface area (Å²) in [6, 6.07) is 0. The van der Waals surface area contributed by atoms with Crippen LogP contribution in [0.4, 0.5) is 0 Å². The third kappa shape index (κ3) is 4.37. The molecule has 1 unspecified atom stereocenters. The molecule has 6 heteroatoms. The molecule has 16 heavy (non-hydrogen) atoms. The van der Waals surface area contributed by atoms with Crippen LogP contribution < -0.4 is 5.32 Å². The highest BCUT2D eigenvalue weighted by atomic mass is 35.5. The Balaban J connectivity index is 2.41. The molecule has 88 valence electrons. The Labute approximate surface area is 104 Å². The number of aromatic nitrogens is 2. The molecule has 1 atom stereocenters. The third-order valence-electron chi connectivity index (χ3n) is 2.08. The smallest absolute Gasteiger partial charge is 0.271 e. The Kier molecular flexibility index (Phi) is 5.55. The average molecular weight is 260 g/mol. The van der Waals surface area contributed by atoms with Gasteiger partial charge in [-0.15, -0.1) is 0 Å². The van der Waals surface area contributed by atoms with Crippen molar-refractivity contribution in [3.63, 3.8) is 0 Å². The van der Waals surface area contributed by atoms with Crippen LogP contribution in [0.15, 0.2) is 12.4 Å². The number of halogens is 1. The second-order valence-electron chi connectivity index (χ2n) is 3.32. The number of nitrogens with zero attached hydrogens (tertiary/aromatic N) is 2. The topological polar surface area (TPSA) is 54.9 Å². The van der Waals surface area contributed by atoms with Crippen molar-refractivity contribution in [3.05, 3.63) is 23.2 Å². The van der Waals surface area contributed by atoms with Gasteiger partial charge in [0, 0.05) is 11.8 Å². The molecule has 0 aliphatic heterocycles. The molecule has 1 N–H and O–H groups in total. The number of thioether (sulfide) groups is 1. The van der Waals surface area contributed by atoms with Crippen molar-refractivity contribution in [1.29, 1.82) is 0 Å². The van der Waals surface area contributed by atoms with E-state index in [1.165, 1.54) is 12.4 Å². The first-order valence-electron chi connectivity index (χ1n) is 4.92. The van der Waals surface area contributed by atoms with Crippen LogP contribution in [0.5, 0.6) is 0 Å². The standard InChI is InChI=1S/C10H14ClN3OS/c1-7(16-2)3-4-13-10(15)8-5-12-6-9(11)14-8/h5-7H,3-4H2,1-2H3,(H,13,15). The van der Waals surface area contributed by atoms with Gasteiger partial charge >= 0.3 is 0 Å². The van der Waals surface area contributed by atoms with Crippen LogP contribution >= 0.6 is 23.4 Å². The molecule has 0 aliphatic carbocycles. The minimum atomic E-state index is -0.233. The van der Waals surface area contributed by atoms with E-state index in [-0.39, 0.29) is 16.8 Å². The first-order valence-corrected chi connectivity index (χ1v) is 6.58. The molecule has 1 rings (SSSR count). The van der Waals surface area contributed by atoms with Crippen LogP contribution in [0.25, 0.3) is 0 Å². The first-order chi connectivity index (χ1) is 7.63. The number of nitrogens with one attached hydrogen (secondary N) is 1. The Morgan fingerprint density at radius 3 is 3.00 bits per heavy atom. The lowest BCUT2D eigenvalue weighted by atomic mass is 10.3. The zero-order valence-corrected chi connectivity index (χ0v) is 10.8. The van der Waals surface area contributed by atoms with Gasteiger partial charge < -0.3 is 5.32 Å². The van der Waals surface area contributed by atoms with Gasteiger partial charge in [-0.1, -0.05) is 18.5 Å². The Morgan fingerprint density at radius 2 is 2.38 bits per heavy atom. The highest BCUT2D eigenvalue weighted by Gasteiger charge is 2.08. The van der Waals surface area contributed by atoms with Gasteiger partial charge in [-0.3, -0.25) is 9.78 Å². The van der Waals surface area contributed by atoms with Crippen molar-refractivity contribution < 1.29 is 4.79 Å². The van der Waals surface area contributed by atoms with Crippen LogP contribution in [-0.4, -0.2) is 33.9 Å². The summed E-state index contributed by atoms with van der Waals surface area (Å²) in [4.78, 5) is 19.3. The average Bonchev–Trinajstić information content (AvgIpc) is 2.28. The number of carbonyl (C=O) groups is 1. The second kappa shape index (κ2) is 6.70. The molecular weight excluding hydrogens is 246 g/mol.